The van der Waals surface area contributed by atoms with Crippen LogP contribution in [0.2, 0.25) is 0 Å². The summed E-state index contributed by atoms with van der Waals surface area (Å²) in [5.41, 5.74) is 4.65. The molecule has 0 aliphatic rings. The minimum Gasteiger partial charge on any atom is -0.744 e. The maximum absolute atomic E-state index is 11.7. The Bertz CT molecular complexity index is 1770. The smallest absolute Gasteiger partial charge is 0.744 e. The van der Waals surface area contributed by atoms with Crippen LogP contribution in [0.3, 0.4) is 0 Å². The van der Waals surface area contributed by atoms with Crippen LogP contribution < -0.4 is 0 Å². The largest absolute Gasteiger partial charge is 2.00 e. The van der Waals surface area contributed by atoms with Gasteiger partial charge in [0.15, 0.2) is 0 Å². The van der Waals surface area contributed by atoms with Crippen LogP contribution in [0.4, 0.5) is 0 Å². The Morgan fingerprint density at radius 2 is 0.736 bits per heavy atom. The Labute approximate surface area is 351 Å². The van der Waals surface area contributed by atoms with Gasteiger partial charge in [0.1, 0.15) is 20.2 Å². The van der Waals surface area contributed by atoms with Gasteiger partial charge in [-0.25, -0.2) is 16.8 Å². The second-order valence-electron chi connectivity index (χ2n) is 14.4. The molecule has 6 nitrogen and oxygen atoms in total. The van der Waals surface area contributed by atoms with Crippen molar-refractivity contribution in [1.82, 2.24) is 0 Å². The Hall–Kier alpha value is -1.52. The second kappa shape index (κ2) is 24.9. The molecule has 0 amide bonds. The van der Waals surface area contributed by atoms with Crippen LogP contribution in [-0.4, -0.2) is 63.7 Å². The number of rotatable bonds is 22. The summed E-state index contributed by atoms with van der Waals surface area (Å²) in [4.78, 5) is -0.166. The number of hydrogen-bond donors (Lipinski definition) is 0. The van der Waals surface area contributed by atoms with Gasteiger partial charge in [0.05, 0.1) is 9.79 Å². The van der Waals surface area contributed by atoms with Crippen molar-refractivity contribution < 1.29 is 25.9 Å². The molecule has 4 aromatic rings. The molecule has 0 aliphatic carbocycles. The van der Waals surface area contributed by atoms with E-state index in [2.05, 4.69) is 39.8 Å². The van der Waals surface area contributed by atoms with Gasteiger partial charge in [-0.15, -0.1) is 0 Å². The molecule has 0 N–H and O–H groups in total. The van der Waals surface area contributed by atoms with Gasteiger partial charge in [0.25, 0.3) is 0 Å². The molecule has 0 saturated carbocycles. The maximum atomic E-state index is 11.7. The predicted molar refractivity (Wildman–Crippen MR) is 221 cm³/mol. The summed E-state index contributed by atoms with van der Waals surface area (Å²) < 4.78 is 70.3. The molecule has 0 unspecified atom stereocenters. The molecule has 0 saturated heterocycles. The van der Waals surface area contributed by atoms with E-state index in [1.165, 1.54) is 100 Å². The van der Waals surface area contributed by atoms with E-state index >= 15 is 0 Å². The Balaban J connectivity index is 0.000000360. The van der Waals surface area contributed by atoms with E-state index in [-0.39, 0.29) is 47.5 Å². The van der Waals surface area contributed by atoms with E-state index in [1.807, 2.05) is 24.3 Å². The van der Waals surface area contributed by atoms with Crippen molar-refractivity contribution in [1.29, 1.82) is 0 Å². The minimum absolute atomic E-state index is 0. The zero-order chi connectivity index (χ0) is 38.0. The number of unbranched alkanes of at least 4 members (excludes halogenated alkanes) is 12. The monoisotopic (exact) mass is 790 g/mol. The van der Waals surface area contributed by atoms with Crippen LogP contribution in [0.15, 0.2) is 70.5 Å². The van der Waals surface area contributed by atoms with Gasteiger partial charge in [0.2, 0.25) is 0 Å². The Morgan fingerprint density at radius 3 is 1.04 bits per heavy atom. The molecule has 0 atom stereocenters. The SMILES string of the molecule is CCCCCCc1cc(CCCCCC)c2cccc(S(=O)(=O)[O-])c2c1.CCCCCCc1cc(CCCCCC)c2cccc(S(=O)(=O)[O-])c2c1.[Ca+2]. The van der Waals surface area contributed by atoms with Gasteiger partial charge in [0, 0.05) is 0 Å². The fraction of sp³-hybridized carbons (Fsp3) is 0.545. The second-order valence-corrected chi connectivity index (χ2v) is 17.1. The van der Waals surface area contributed by atoms with E-state index in [1.54, 1.807) is 12.1 Å². The maximum Gasteiger partial charge on any atom is 2.00 e. The fourth-order valence-electron chi connectivity index (χ4n) is 7.14. The summed E-state index contributed by atoms with van der Waals surface area (Å²) in [6, 6.07) is 18.4. The minimum atomic E-state index is -4.47. The first-order valence-corrected chi connectivity index (χ1v) is 22.8. The molecule has 4 aromatic carbocycles. The molecule has 53 heavy (non-hydrogen) atoms. The van der Waals surface area contributed by atoms with Crippen molar-refractivity contribution in [3.05, 3.63) is 82.9 Å². The van der Waals surface area contributed by atoms with Gasteiger partial charge in [-0.2, -0.15) is 0 Å². The topological polar surface area (TPSA) is 114 Å². The molecule has 0 bridgehead atoms. The third-order valence-corrected chi connectivity index (χ3v) is 11.8. The molecule has 0 heterocycles. The van der Waals surface area contributed by atoms with Gasteiger partial charge in [-0.05, 0) is 119 Å². The molecule has 0 aromatic heterocycles. The van der Waals surface area contributed by atoms with Crippen LogP contribution in [0, 0.1) is 0 Å². The zero-order valence-corrected chi connectivity index (χ0v) is 36.7. The van der Waals surface area contributed by atoms with Gasteiger partial charge >= 0.3 is 37.7 Å². The van der Waals surface area contributed by atoms with E-state index in [0.29, 0.717) is 10.8 Å². The number of hydrogen-bond acceptors (Lipinski definition) is 6. The summed E-state index contributed by atoms with van der Waals surface area (Å²) in [6.45, 7) is 8.76. The summed E-state index contributed by atoms with van der Waals surface area (Å²) in [7, 11) is -8.94. The predicted octanol–water partition coefficient (Wildman–Crippen LogP) is 11.6. The molecule has 288 valence electrons. The molecular formula is C44H62CaO6S2. The van der Waals surface area contributed by atoms with Gasteiger partial charge < -0.3 is 9.11 Å². The average molecular weight is 791 g/mol. The Morgan fingerprint density at radius 1 is 0.415 bits per heavy atom. The normalized spacial score (nSPS) is 11.7. The Kier molecular flexibility index (Phi) is 22.4. The van der Waals surface area contributed by atoms with Crippen molar-refractivity contribution in [2.75, 3.05) is 0 Å². The molecule has 0 spiro atoms. The van der Waals surface area contributed by atoms with E-state index in [9.17, 15) is 25.9 Å². The van der Waals surface area contributed by atoms with E-state index in [4.69, 9.17) is 0 Å². The van der Waals surface area contributed by atoms with Crippen molar-refractivity contribution >= 4 is 79.5 Å². The third-order valence-electron chi connectivity index (χ3n) is 9.98. The summed E-state index contributed by atoms with van der Waals surface area (Å²) in [5, 5.41) is 3.02. The van der Waals surface area contributed by atoms with Crippen molar-refractivity contribution in [3.8, 4) is 0 Å². The molecule has 4 rings (SSSR count). The number of benzene rings is 4. The van der Waals surface area contributed by atoms with Gasteiger partial charge in [-0.3, -0.25) is 0 Å². The summed E-state index contributed by atoms with van der Waals surface area (Å²) in [6.07, 6.45) is 22.5. The molecule has 0 aliphatic heterocycles. The van der Waals surface area contributed by atoms with Crippen LogP contribution in [-0.2, 0) is 45.9 Å². The molecule has 0 radical (unpaired) electrons. The summed E-state index contributed by atoms with van der Waals surface area (Å²) >= 11 is 0. The molecule has 9 heteroatoms. The van der Waals surface area contributed by atoms with Crippen molar-refractivity contribution in [2.24, 2.45) is 0 Å². The van der Waals surface area contributed by atoms with E-state index in [0.717, 1.165) is 73.3 Å². The number of aryl methyl sites for hydroxylation is 4. The number of fused-ring (bicyclic) bond motifs is 2. The van der Waals surface area contributed by atoms with Crippen LogP contribution in [0.25, 0.3) is 21.5 Å². The first-order valence-electron chi connectivity index (χ1n) is 19.9. The van der Waals surface area contributed by atoms with E-state index < -0.39 is 20.2 Å². The zero-order valence-electron chi connectivity index (χ0n) is 32.9. The van der Waals surface area contributed by atoms with Gasteiger partial charge in [-0.1, -0.05) is 141 Å². The standard InChI is InChI=1S/2C22H32O3S.Ca/c2*1-3-5-7-9-12-18-16-19(13-10-8-6-4-2)20-14-11-15-22(21(20)17-18)26(23,24)25;/h2*11,14-17H,3-10,12-13H2,1-2H3,(H,23,24,25);/q;;+2/p-2. The quantitative estimate of drug-likeness (QED) is 0.0445. The van der Waals surface area contributed by atoms with Crippen LogP contribution in [0.5, 0.6) is 0 Å². The fourth-order valence-corrected chi connectivity index (χ4v) is 8.50. The first kappa shape index (κ1) is 47.6. The van der Waals surface area contributed by atoms with Crippen LogP contribution >= 0.6 is 0 Å². The van der Waals surface area contributed by atoms with Crippen LogP contribution in [0.1, 0.15) is 153 Å². The van der Waals surface area contributed by atoms with Crippen molar-refractivity contribution in [3.63, 3.8) is 0 Å². The first-order chi connectivity index (χ1) is 24.9. The third kappa shape index (κ3) is 15.9. The molecular weight excluding hydrogens is 729 g/mol. The summed E-state index contributed by atoms with van der Waals surface area (Å²) in [5.74, 6) is 0. The van der Waals surface area contributed by atoms with Crippen molar-refractivity contribution in [2.45, 2.75) is 166 Å². The molecule has 0 fully saturated rings. The average Bonchev–Trinajstić information content (AvgIpc) is 3.11.